The number of rotatable bonds is 5. The van der Waals surface area contributed by atoms with Gasteiger partial charge in [0.15, 0.2) is 0 Å². The average molecular weight is 448 g/mol. The lowest BCUT2D eigenvalue weighted by molar-refractivity contribution is -0.131. The summed E-state index contributed by atoms with van der Waals surface area (Å²) in [5, 5.41) is 5.64. The summed E-state index contributed by atoms with van der Waals surface area (Å²) in [5.41, 5.74) is 2.51. The molecule has 1 aliphatic carbocycles. The number of hydrogen-bond donors (Lipinski definition) is 2. The van der Waals surface area contributed by atoms with Gasteiger partial charge in [0.2, 0.25) is 21.8 Å². The van der Waals surface area contributed by atoms with Gasteiger partial charge in [0.05, 0.1) is 17.9 Å². The molecule has 1 saturated carbocycles. The Morgan fingerprint density at radius 3 is 2.29 bits per heavy atom. The lowest BCUT2D eigenvalue weighted by atomic mass is 10.1. The highest BCUT2D eigenvalue weighted by Crippen LogP contribution is 2.29. The smallest absolute Gasteiger partial charge is 0.244 e. The van der Waals surface area contributed by atoms with E-state index in [2.05, 4.69) is 17.2 Å². The zero-order chi connectivity index (χ0) is 22.8. The van der Waals surface area contributed by atoms with Crippen molar-refractivity contribution < 1.29 is 18.0 Å². The maximum atomic E-state index is 13.6. The van der Waals surface area contributed by atoms with Gasteiger partial charge in [-0.15, -0.1) is 0 Å². The van der Waals surface area contributed by atoms with Crippen molar-refractivity contribution in [2.45, 2.75) is 82.7 Å². The molecule has 1 heterocycles. The molecule has 2 N–H and O–H groups in total. The summed E-state index contributed by atoms with van der Waals surface area (Å²) in [7, 11) is -4.01. The number of carbonyl (C=O) groups excluding carboxylic acids is 2. The van der Waals surface area contributed by atoms with Gasteiger partial charge in [0.1, 0.15) is 6.04 Å². The molecule has 0 aromatic heterocycles. The van der Waals surface area contributed by atoms with Crippen LogP contribution in [0.1, 0.15) is 61.6 Å². The van der Waals surface area contributed by atoms with Gasteiger partial charge >= 0.3 is 0 Å². The third-order valence-electron chi connectivity index (χ3n) is 6.07. The molecule has 2 fully saturated rings. The van der Waals surface area contributed by atoms with E-state index in [1.807, 2.05) is 19.1 Å². The van der Waals surface area contributed by atoms with Crippen LogP contribution in [0.3, 0.4) is 0 Å². The molecule has 2 aliphatic rings. The number of nitrogens with one attached hydrogen (secondary N) is 2. The van der Waals surface area contributed by atoms with E-state index < -0.39 is 22.0 Å². The molecule has 1 unspecified atom stereocenters. The first-order valence-electron chi connectivity index (χ1n) is 11.0. The average Bonchev–Trinajstić information content (AvgIpc) is 2.91. The first-order chi connectivity index (χ1) is 14.6. The fourth-order valence-electron chi connectivity index (χ4n) is 4.75. The van der Waals surface area contributed by atoms with Gasteiger partial charge in [-0.1, -0.05) is 50.0 Å². The Bertz CT molecular complexity index is 956. The normalized spacial score (nSPS) is 21.5. The highest BCUT2D eigenvalue weighted by atomic mass is 32.2. The predicted octanol–water partition coefficient (Wildman–Crippen LogP) is 2.84. The number of amides is 2. The van der Waals surface area contributed by atoms with Crippen LogP contribution < -0.4 is 10.6 Å². The zero-order valence-electron chi connectivity index (χ0n) is 18.7. The summed E-state index contributed by atoms with van der Waals surface area (Å²) in [6.07, 6.45) is 6.11. The minimum absolute atomic E-state index is 0.0534. The lowest BCUT2D eigenvalue weighted by Gasteiger charge is -2.35. The monoisotopic (exact) mass is 447 g/mol. The summed E-state index contributed by atoms with van der Waals surface area (Å²) in [4.78, 5) is 25.7. The molecule has 1 saturated heterocycles. The number of aryl methyl sites for hydroxylation is 3. The highest BCUT2D eigenvalue weighted by molar-refractivity contribution is 7.89. The Morgan fingerprint density at radius 1 is 1.13 bits per heavy atom. The van der Waals surface area contributed by atoms with E-state index in [1.54, 1.807) is 13.8 Å². The van der Waals surface area contributed by atoms with Crippen molar-refractivity contribution in [3.05, 3.63) is 41.1 Å². The summed E-state index contributed by atoms with van der Waals surface area (Å²) < 4.78 is 28.4. The van der Waals surface area contributed by atoms with Crippen LogP contribution in [0.25, 0.3) is 0 Å². The summed E-state index contributed by atoms with van der Waals surface area (Å²) in [6.45, 7) is 9.12. The van der Waals surface area contributed by atoms with Crippen molar-refractivity contribution in [1.82, 2.24) is 14.9 Å². The Labute approximate surface area is 185 Å². The molecule has 0 bridgehead atoms. The number of nitrogens with zero attached hydrogens (tertiary/aromatic N) is 1. The summed E-state index contributed by atoms with van der Waals surface area (Å²) in [6, 6.07) is 2.60. The third kappa shape index (κ3) is 5.36. The largest absolute Gasteiger partial charge is 0.353 e. The van der Waals surface area contributed by atoms with Gasteiger partial charge in [-0.3, -0.25) is 9.59 Å². The first-order valence-corrected chi connectivity index (χ1v) is 12.4. The Kier molecular flexibility index (Phi) is 7.21. The lowest BCUT2D eigenvalue weighted by Crippen LogP contribution is -2.57. The van der Waals surface area contributed by atoms with Crippen molar-refractivity contribution in [3.63, 3.8) is 0 Å². The molecule has 170 valence electrons. The maximum Gasteiger partial charge on any atom is 0.244 e. The van der Waals surface area contributed by atoms with Crippen LogP contribution in [-0.4, -0.2) is 43.2 Å². The van der Waals surface area contributed by atoms with E-state index in [9.17, 15) is 18.0 Å². The standard InChI is InChI=1S/C23H33N3O4S/c1-15-11-16(2)22(17(3)12-15)31(29,30)26-14-18(4)24-23(28)20(26)13-21(27)25-19-9-7-5-6-8-10-19/h11-12,19-20H,4-10,13-14H2,1-3H3,(H,24,28)(H,25,27). The Morgan fingerprint density at radius 2 is 1.71 bits per heavy atom. The van der Waals surface area contributed by atoms with Gasteiger partial charge in [-0.25, -0.2) is 8.42 Å². The van der Waals surface area contributed by atoms with Gasteiger partial charge in [0.25, 0.3) is 0 Å². The van der Waals surface area contributed by atoms with Crippen molar-refractivity contribution in [2.24, 2.45) is 0 Å². The number of hydrogen-bond acceptors (Lipinski definition) is 4. The van der Waals surface area contributed by atoms with E-state index in [1.165, 1.54) is 12.8 Å². The van der Waals surface area contributed by atoms with Crippen LogP contribution >= 0.6 is 0 Å². The highest BCUT2D eigenvalue weighted by Gasteiger charge is 2.42. The molecule has 1 atom stereocenters. The maximum absolute atomic E-state index is 13.6. The minimum Gasteiger partial charge on any atom is -0.353 e. The van der Waals surface area contributed by atoms with Gasteiger partial charge in [0, 0.05) is 11.7 Å². The molecule has 8 heteroatoms. The molecule has 2 amide bonds. The number of piperazine rings is 1. The van der Waals surface area contributed by atoms with E-state index in [4.69, 9.17) is 0 Å². The molecular formula is C23H33N3O4S. The summed E-state index contributed by atoms with van der Waals surface area (Å²) >= 11 is 0. The van der Waals surface area contributed by atoms with E-state index >= 15 is 0 Å². The summed E-state index contributed by atoms with van der Waals surface area (Å²) in [5.74, 6) is -0.810. The van der Waals surface area contributed by atoms with Crippen LogP contribution in [0.5, 0.6) is 0 Å². The van der Waals surface area contributed by atoms with Crippen LogP contribution in [0.15, 0.2) is 29.3 Å². The quantitative estimate of drug-likeness (QED) is 0.679. The molecule has 7 nitrogen and oxygen atoms in total. The van der Waals surface area contributed by atoms with Crippen molar-refractivity contribution in [1.29, 1.82) is 0 Å². The van der Waals surface area contributed by atoms with E-state index in [-0.39, 0.29) is 29.8 Å². The van der Waals surface area contributed by atoms with Crippen molar-refractivity contribution in [3.8, 4) is 0 Å². The first kappa shape index (κ1) is 23.5. The number of sulfonamides is 1. The molecule has 1 aromatic carbocycles. The van der Waals surface area contributed by atoms with Gasteiger partial charge in [-0.2, -0.15) is 4.31 Å². The zero-order valence-corrected chi connectivity index (χ0v) is 19.5. The van der Waals surface area contributed by atoms with Crippen LogP contribution in [0.2, 0.25) is 0 Å². The molecule has 3 rings (SSSR count). The Hall–Kier alpha value is -2.19. The van der Waals surface area contributed by atoms with Crippen molar-refractivity contribution in [2.75, 3.05) is 6.54 Å². The van der Waals surface area contributed by atoms with Crippen LogP contribution in [-0.2, 0) is 19.6 Å². The third-order valence-corrected chi connectivity index (χ3v) is 8.23. The topological polar surface area (TPSA) is 95.6 Å². The SMILES string of the molecule is C=C1CN(S(=O)(=O)c2c(C)cc(C)cc2C)C(CC(=O)NC2CCCCCC2)C(=O)N1. The second-order valence-corrected chi connectivity index (χ2v) is 10.7. The van der Waals surface area contributed by atoms with Gasteiger partial charge < -0.3 is 10.6 Å². The number of benzene rings is 1. The molecule has 0 radical (unpaired) electrons. The van der Waals surface area contributed by atoms with Crippen LogP contribution in [0.4, 0.5) is 0 Å². The van der Waals surface area contributed by atoms with E-state index in [0.29, 0.717) is 16.8 Å². The molecule has 31 heavy (non-hydrogen) atoms. The second-order valence-electron chi connectivity index (χ2n) is 8.85. The fourth-order valence-corrected chi connectivity index (χ4v) is 6.75. The predicted molar refractivity (Wildman–Crippen MR) is 120 cm³/mol. The van der Waals surface area contributed by atoms with Gasteiger partial charge in [-0.05, 0) is 44.7 Å². The molecule has 1 aliphatic heterocycles. The molecule has 0 spiro atoms. The van der Waals surface area contributed by atoms with E-state index in [0.717, 1.165) is 35.6 Å². The molecular weight excluding hydrogens is 414 g/mol. The molecule has 1 aromatic rings. The number of carbonyl (C=O) groups is 2. The Balaban J connectivity index is 1.87. The minimum atomic E-state index is -4.01. The second kappa shape index (κ2) is 9.53. The fraction of sp³-hybridized carbons (Fsp3) is 0.565. The van der Waals surface area contributed by atoms with Crippen LogP contribution in [0, 0.1) is 20.8 Å². The van der Waals surface area contributed by atoms with Crippen molar-refractivity contribution >= 4 is 21.8 Å².